The zero-order valence-corrected chi connectivity index (χ0v) is 16.4. The summed E-state index contributed by atoms with van der Waals surface area (Å²) in [6, 6.07) is 7.79. The molecular formula is C21H21N5O3. The van der Waals surface area contributed by atoms with E-state index in [1.807, 2.05) is 43.0 Å². The van der Waals surface area contributed by atoms with Gasteiger partial charge in [-0.05, 0) is 37.5 Å². The maximum absolute atomic E-state index is 13.2. The van der Waals surface area contributed by atoms with Crippen LogP contribution in [0.15, 0.2) is 30.5 Å². The van der Waals surface area contributed by atoms with Crippen LogP contribution in [0.2, 0.25) is 0 Å². The van der Waals surface area contributed by atoms with Crippen molar-refractivity contribution >= 4 is 23.3 Å². The van der Waals surface area contributed by atoms with E-state index >= 15 is 0 Å². The molecule has 3 aromatic rings. The third-order valence-electron chi connectivity index (χ3n) is 5.66. The van der Waals surface area contributed by atoms with Crippen LogP contribution in [0.3, 0.4) is 0 Å². The Morgan fingerprint density at radius 2 is 2.07 bits per heavy atom. The zero-order valence-electron chi connectivity index (χ0n) is 16.4. The number of amides is 2. The highest BCUT2D eigenvalue weighted by atomic mass is 16.6. The summed E-state index contributed by atoms with van der Waals surface area (Å²) >= 11 is 0. The van der Waals surface area contributed by atoms with Gasteiger partial charge in [0.2, 0.25) is 0 Å². The largest absolute Gasteiger partial charge is 0.447 e. The molecule has 0 saturated carbocycles. The van der Waals surface area contributed by atoms with E-state index in [4.69, 9.17) is 4.74 Å². The maximum Gasteiger partial charge on any atom is 0.414 e. The molecule has 0 unspecified atom stereocenters. The Balaban J connectivity index is 1.45. The first-order valence-corrected chi connectivity index (χ1v) is 9.69. The third-order valence-corrected chi connectivity index (χ3v) is 5.66. The molecule has 4 heterocycles. The van der Waals surface area contributed by atoms with Crippen LogP contribution in [0.25, 0.3) is 5.65 Å². The van der Waals surface area contributed by atoms with Crippen LogP contribution in [0, 0.1) is 13.8 Å². The van der Waals surface area contributed by atoms with Crippen molar-refractivity contribution in [2.24, 2.45) is 0 Å². The lowest BCUT2D eigenvalue weighted by Crippen LogP contribution is -2.37. The summed E-state index contributed by atoms with van der Waals surface area (Å²) in [4.78, 5) is 33.1. The molecule has 1 saturated heterocycles. The second-order valence-electron chi connectivity index (χ2n) is 7.47. The van der Waals surface area contributed by atoms with Crippen molar-refractivity contribution in [3.05, 3.63) is 58.5 Å². The molecule has 0 radical (unpaired) electrons. The molecule has 8 nitrogen and oxygen atoms in total. The summed E-state index contributed by atoms with van der Waals surface area (Å²) in [6.45, 7) is 5.86. The smallest absolute Gasteiger partial charge is 0.414 e. The van der Waals surface area contributed by atoms with Crippen molar-refractivity contribution in [1.29, 1.82) is 0 Å². The summed E-state index contributed by atoms with van der Waals surface area (Å²) in [7, 11) is 0. The molecule has 0 bridgehead atoms. The van der Waals surface area contributed by atoms with Crippen molar-refractivity contribution in [3.63, 3.8) is 0 Å². The standard InChI is InChI=1S/C21H21N5O3/c1-13-10-19-22-11-17(14(2)26(19)23-13)20(27)24-7-6-16-15(12-24)4-3-5-18(16)25-8-9-29-21(25)28/h3-5,10-11H,6-9,12H2,1-2H3. The normalized spacial score (nSPS) is 16.3. The lowest BCUT2D eigenvalue weighted by atomic mass is 9.96. The lowest BCUT2D eigenvalue weighted by Gasteiger charge is -2.31. The molecule has 1 fully saturated rings. The fraction of sp³-hybridized carbons (Fsp3) is 0.333. The number of ether oxygens (including phenoxy) is 1. The van der Waals surface area contributed by atoms with Gasteiger partial charge in [-0.25, -0.2) is 14.3 Å². The highest BCUT2D eigenvalue weighted by molar-refractivity contribution is 5.95. The summed E-state index contributed by atoms with van der Waals surface area (Å²) in [5, 5.41) is 4.43. The van der Waals surface area contributed by atoms with Gasteiger partial charge in [-0.15, -0.1) is 0 Å². The van der Waals surface area contributed by atoms with Gasteiger partial charge in [0.15, 0.2) is 5.65 Å². The lowest BCUT2D eigenvalue weighted by molar-refractivity contribution is 0.0732. The molecule has 2 amide bonds. The molecule has 0 aliphatic carbocycles. The predicted octanol–water partition coefficient (Wildman–Crippen LogP) is 2.50. The van der Waals surface area contributed by atoms with Crippen LogP contribution < -0.4 is 4.90 Å². The number of carbonyl (C=O) groups excluding carboxylic acids is 2. The quantitative estimate of drug-likeness (QED) is 0.671. The number of nitrogens with zero attached hydrogens (tertiary/aromatic N) is 5. The monoisotopic (exact) mass is 391 g/mol. The summed E-state index contributed by atoms with van der Waals surface area (Å²) in [6.07, 6.45) is 2.03. The average molecular weight is 391 g/mol. The van der Waals surface area contributed by atoms with Gasteiger partial charge < -0.3 is 9.64 Å². The van der Waals surface area contributed by atoms with Crippen molar-refractivity contribution in [3.8, 4) is 0 Å². The number of hydrogen-bond donors (Lipinski definition) is 0. The molecule has 8 heteroatoms. The fourth-order valence-electron chi connectivity index (χ4n) is 4.17. The zero-order chi connectivity index (χ0) is 20.1. The van der Waals surface area contributed by atoms with E-state index in [2.05, 4.69) is 10.1 Å². The van der Waals surface area contributed by atoms with Gasteiger partial charge in [-0.1, -0.05) is 12.1 Å². The first kappa shape index (κ1) is 17.7. The number of carbonyl (C=O) groups is 2. The highest BCUT2D eigenvalue weighted by Gasteiger charge is 2.30. The Kier molecular flexibility index (Phi) is 4.01. The van der Waals surface area contributed by atoms with E-state index in [0.29, 0.717) is 38.2 Å². The molecule has 5 rings (SSSR count). The Morgan fingerprint density at radius 3 is 2.86 bits per heavy atom. The Labute approximate surface area is 167 Å². The summed E-state index contributed by atoms with van der Waals surface area (Å²) in [5.41, 5.74) is 6.01. The Morgan fingerprint density at radius 1 is 1.21 bits per heavy atom. The summed E-state index contributed by atoms with van der Waals surface area (Å²) in [5.74, 6) is -0.0540. The number of aryl methyl sites for hydroxylation is 2. The molecule has 1 aromatic carbocycles. The van der Waals surface area contributed by atoms with E-state index in [1.54, 1.807) is 15.6 Å². The van der Waals surface area contributed by atoms with Crippen LogP contribution in [0.4, 0.5) is 10.5 Å². The number of benzene rings is 1. The predicted molar refractivity (Wildman–Crippen MR) is 106 cm³/mol. The topological polar surface area (TPSA) is 80.0 Å². The molecule has 0 N–H and O–H groups in total. The molecule has 148 valence electrons. The number of cyclic esters (lactones) is 1. The van der Waals surface area contributed by atoms with Gasteiger partial charge in [-0.3, -0.25) is 9.69 Å². The Hall–Kier alpha value is -3.42. The number of aromatic nitrogens is 3. The van der Waals surface area contributed by atoms with Gasteiger partial charge in [0, 0.05) is 25.4 Å². The van der Waals surface area contributed by atoms with Gasteiger partial charge in [0.1, 0.15) is 6.61 Å². The van der Waals surface area contributed by atoms with Crippen molar-refractivity contribution in [2.75, 3.05) is 24.6 Å². The first-order valence-electron chi connectivity index (χ1n) is 9.69. The Bertz CT molecular complexity index is 1150. The van der Waals surface area contributed by atoms with Crippen molar-refractivity contribution in [1.82, 2.24) is 19.5 Å². The van der Waals surface area contributed by atoms with Crippen LogP contribution in [0.5, 0.6) is 0 Å². The SMILES string of the molecule is Cc1cc2ncc(C(=O)N3CCc4c(cccc4N4CCOC4=O)C3)c(C)n2n1. The van der Waals surface area contributed by atoms with Crippen LogP contribution in [-0.2, 0) is 17.7 Å². The van der Waals surface area contributed by atoms with E-state index in [0.717, 1.165) is 33.8 Å². The molecule has 29 heavy (non-hydrogen) atoms. The van der Waals surface area contributed by atoms with Gasteiger partial charge in [0.25, 0.3) is 5.91 Å². The molecule has 2 aliphatic heterocycles. The highest BCUT2D eigenvalue weighted by Crippen LogP contribution is 2.31. The minimum Gasteiger partial charge on any atom is -0.447 e. The van der Waals surface area contributed by atoms with E-state index < -0.39 is 0 Å². The molecular weight excluding hydrogens is 370 g/mol. The molecule has 2 aromatic heterocycles. The first-order chi connectivity index (χ1) is 14.0. The summed E-state index contributed by atoms with van der Waals surface area (Å²) < 4.78 is 6.81. The van der Waals surface area contributed by atoms with E-state index in [-0.39, 0.29) is 12.0 Å². The van der Waals surface area contributed by atoms with Crippen molar-refractivity contribution < 1.29 is 14.3 Å². The molecule has 0 spiro atoms. The van der Waals surface area contributed by atoms with Crippen LogP contribution in [0.1, 0.15) is 32.9 Å². The minimum atomic E-state index is -0.304. The number of rotatable bonds is 2. The van der Waals surface area contributed by atoms with Crippen LogP contribution in [-0.4, -0.2) is 51.2 Å². The van der Waals surface area contributed by atoms with Gasteiger partial charge in [-0.2, -0.15) is 5.10 Å². The molecule has 0 atom stereocenters. The fourth-order valence-corrected chi connectivity index (χ4v) is 4.17. The van der Waals surface area contributed by atoms with Crippen molar-refractivity contribution in [2.45, 2.75) is 26.8 Å². The average Bonchev–Trinajstić information content (AvgIpc) is 3.32. The third kappa shape index (κ3) is 2.83. The number of fused-ring (bicyclic) bond motifs is 2. The minimum absolute atomic E-state index is 0.0540. The number of anilines is 1. The molecule has 2 aliphatic rings. The van der Waals surface area contributed by atoms with Gasteiger partial charge in [0.05, 0.1) is 29.2 Å². The second-order valence-corrected chi connectivity index (χ2v) is 7.47. The maximum atomic E-state index is 13.2. The second kappa shape index (κ2) is 6.58. The van der Waals surface area contributed by atoms with Crippen LogP contribution >= 0.6 is 0 Å². The van der Waals surface area contributed by atoms with Gasteiger partial charge >= 0.3 is 6.09 Å². The number of hydrogen-bond acceptors (Lipinski definition) is 5. The van der Waals surface area contributed by atoms with E-state index in [1.165, 1.54) is 0 Å². The van der Waals surface area contributed by atoms with E-state index in [9.17, 15) is 9.59 Å².